The van der Waals surface area contributed by atoms with Crippen molar-refractivity contribution in [2.45, 2.75) is 13.3 Å². The predicted octanol–water partition coefficient (Wildman–Crippen LogP) is 2.85. The average Bonchev–Trinajstić information content (AvgIpc) is 2.04. The van der Waals surface area contributed by atoms with Crippen LogP contribution in [0.4, 0.5) is 0 Å². The van der Waals surface area contributed by atoms with Crippen molar-refractivity contribution in [3.63, 3.8) is 0 Å². The summed E-state index contributed by atoms with van der Waals surface area (Å²) in [6.07, 6.45) is 5.19. The highest BCUT2D eigenvalue weighted by Gasteiger charge is 2.07. The number of rotatable bonds is 2. The Morgan fingerprint density at radius 3 is 2.85 bits per heavy atom. The Morgan fingerprint density at radius 1 is 1.62 bits per heavy atom. The molecule has 0 aliphatic carbocycles. The Morgan fingerprint density at radius 2 is 2.31 bits per heavy atom. The van der Waals surface area contributed by atoms with E-state index in [1.807, 2.05) is 6.92 Å². The highest BCUT2D eigenvalue weighted by molar-refractivity contribution is 6.30. The van der Waals surface area contributed by atoms with Gasteiger partial charge in [0.2, 0.25) is 0 Å². The normalized spacial score (nSPS) is 9.31. The number of hydrogen-bond donors (Lipinski definition) is 0. The summed E-state index contributed by atoms with van der Waals surface area (Å²) >= 11 is 5.75. The van der Waals surface area contributed by atoms with E-state index in [2.05, 4.69) is 5.92 Å². The van der Waals surface area contributed by atoms with E-state index < -0.39 is 0 Å². The van der Waals surface area contributed by atoms with Crippen LogP contribution in [0.25, 0.3) is 0 Å². The van der Waals surface area contributed by atoms with Gasteiger partial charge in [0, 0.05) is 10.6 Å². The fourth-order valence-corrected chi connectivity index (χ4v) is 1.35. The molecule has 0 aliphatic heterocycles. The van der Waals surface area contributed by atoms with Gasteiger partial charge in [-0.2, -0.15) is 0 Å². The predicted molar refractivity (Wildman–Crippen MR) is 54.0 cm³/mol. The van der Waals surface area contributed by atoms with Crippen molar-refractivity contribution in [1.82, 2.24) is 0 Å². The van der Waals surface area contributed by atoms with E-state index in [4.69, 9.17) is 18.0 Å². The number of benzene rings is 1. The molecule has 0 saturated heterocycles. The topological polar surface area (TPSA) is 17.1 Å². The van der Waals surface area contributed by atoms with Gasteiger partial charge in [-0.05, 0) is 30.7 Å². The van der Waals surface area contributed by atoms with Crippen LogP contribution >= 0.6 is 11.6 Å². The van der Waals surface area contributed by atoms with Gasteiger partial charge in [-0.25, -0.2) is 0 Å². The van der Waals surface area contributed by atoms with Crippen LogP contribution in [-0.2, 0) is 0 Å². The standard InChI is InChI=1S/C11H9ClO/c1-3-4-11(13)10-6-5-9(12)7-8(10)2/h1,5-7H,4H2,2H3. The third-order valence-corrected chi connectivity index (χ3v) is 1.99. The molecule has 0 amide bonds. The second-order valence-corrected chi connectivity index (χ2v) is 3.20. The molecule has 1 nitrogen and oxygen atoms in total. The first-order chi connectivity index (χ1) is 6.15. The van der Waals surface area contributed by atoms with Gasteiger partial charge in [0.1, 0.15) is 0 Å². The van der Waals surface area contributed by atoms with Crippen molar-refractivity contribution >= 4 is 17.4 Å². The largest absolute Gasteiger partial charge is 0.293 e. The summed E-state index contributed by atoms with van der Waals surface area (Å²) in [5.41, 5.74) is 1.52. The third-order valence-electron chi connectivity index (χ3n) is 1.75. The minimum atomic E-state index is -0.0309. The van der Waals surface area contributed by atoms with E-state index in [1.165, 1.54) is 0 Å². The molecular formula is C11H9ClO. The summed E-state index contributed by atoms with van der Waals surface area (Å²) in [7, 11) is 0. The van der Waals surface area contributed by atoms with Crippen LogP contribution in [0.3, 0.4) is 0 Å². The van der Waals surface area contributed by atoms with Crippen LogP contribution in [0.2, 0.25) is 5.02 Å². The van der Waals surface area contributed by atoms with Crippen molar-refractivity contribution in [2.24, 2.45) is 0 Å². The molecule has 0 aromatic heterocycles. The Kier molecular flexibility index (Phi) is 3.11. The van der Waals surface area contributed by atoms with Crippen molar-refractivity contribution in [2.75, 3.05) is 0 Å². The highest BCUT2D eigenvalue weighted by Crippen LogP contribution is 2.16. The van der Waals surface area contributed by atoms with Gasteiger partial charge in [-0.1, -0.05) is 17.5 Å². The minimum absolute atomic E-state index is 0.0309. The molecule has 0 radical (unpaired) electrons. The van der Waals surface area contributed by atoms with E-state index in [1.54, 1.807) is 18.2 Å². The van der Waals surface area contributed by atoms with E-state index in [9.17, 15) is 4.79 Å². The van der Waals surface area contributed by atoms with E-state index in [0.717, 1.165) is 5.56 Å². The maximum Gasteiger partial charge on any atom is 0.174 e. The van der Waals surface area contributed by atoms with Gasteiger partial charge in [-0.15, -0.1) is 6.42 Å². The van der Waals surface area contributed by atoms with Gasteiger partial charge < -0.3 is 0 Å². The quantitative estimate of drug-likeness (QED) is 0.520. The molecule has 0 unspecified atom stereocenters. The van der Waals surface area contributed by atoms with Gasteiger partial charge in [0.05, 0.1) is 6.42 Å². The molecule has 0 atom stereocenters. The molecule has 1 aromatic carbocycles. The number of terminal acetylenes is 1. The summed E-state index contributed by atoms with van der Waals surface area (Å²) in [5.74, 6) is 2.29. The SMILES string of the molecule is C#CCC(=O)c1ccc(Cl)cc1C. The lowest BCUT2D eigenvalue weighted by Crippen LogP contribution is -1.99. The van der Waals surface area contributed by atoms with Crippen LogP contribution in [-0.4, -0.2) is 5.78 Å². The molecule has 0 saturated carbocycles. The number of aryl methyl sites for hydroxylation is 1. The molecule has 1 rings (SSSR count). The summed E-state index contributed by atoms with van der Waals surface area (Å²) < 4.78 is 0. The van der Waals surface area contributed by atoms with Crippen molar-refractivity contribution < 1.29 is 4.79 Å². The van der Waals surface area contributed by atoms with Crippen molar-refractivity contribution in [3.05, 3.63) is 34.3 Å². The van der Waals surface area contributed by atoms with Crippen LogP contribution in [0, 0.1) is 19.3 Å². The summed E-state index contributed by atoms with van der Waals surface area (Å²) in [6.45, 7) is 1.84. The van der Waals surface area contributed by atoms with Crippen LogP contribution in [0.5, 0.6) is 0 Å². The molecule has 0 aliphatic rings. The minimum Gasteiger partial charge on any atom is -0.293 e. The number of halogens is 1. The molecule has 0 bridgehead atoms. The fourth-order valence-electron chi connectivity index (χ4n) is 1.13. The molecule has 0 spiro atoms. The first-order valence-electron chi connectivity index (χ1n) is 3.88. The van der Waals surface area contributed by atoms with Crippen LogP contribution < -0.4 is 0 Å². The molecular weight excluding hydrogens is 184 g/mol. The Hall–Kier alpha value is -1.26. The Labute approximate surface area is 82.7 Å². The van der Waals surface area contributed by atoms with E-state index >= 15 is 0 Å². The smallest absolute Gasteiger partial charge is 0.174 e. The molecule has 13 heavy (non-hydrogen) atoms. The van der Waals surface area contributed by atoms with E-state index in [0.29, 0.717) is 10.6 Å². The zero-order valence-electron chi connectivity index (χ0n) is 7.30. The van der Waals surface area contributed by atoms with Gasteiger partial charge in [0.15, 0.2) is 5.78 Å². The van der Waals surface area contributed by atoms with Gasteiger partial charge >= 0.3 is 0 Å². The molecule has 0 fully saturated rings. The van der Waals surface area contributed by atoms with Crippen LogP contribution in [0.15, 0.2) is 18.2 Å². The number of carbonyl (C=O) groups is 1. The molecule has 66 valence electrons. The average molecular weight is 193 g/mol. The molecule has 0 N–H and O–H groups in total. The zero-order chi connectivity index (χ0) is 9.84. The van der Waals surface area contributed by atoms with Gasteiger partial charge in [0.25, 0.3) is 0 Å². The highest BCUT2D eigenvalue weighted by atomic mass is 35.5. The van der Waals surface area contributed by atoms with Crippen LogP contribution in [0.1, 0.15) is 22.3 Å². The summed E-state index contributed by atoms with van der Waals surface area (Å²) in [4.78, 5) is 11.4. The lowest BCUT2D eigenvalue weighted by molar-refractivity contribution is 0.0997. The maximum atomic E-state index is 11.4. The second-order valence-electron chi connectivity index (χ2n) is 2.76. The summed E-state index contributed by atoms with van der Waals surface area (Å²) in [5, 5.41) is 0.634. The Bertz CT molecular complexity index is 374. The first-order valence-corrected chi connectivity index (χ1v) is 4.25. The summed E-state index contributed by atoms with van der Waals surface area (Å²) in [6, 6.07) is 5.15. The number of hydrogen-bond acceptors (Lipinski definition) is 1. The number of Topliss-reactive ketones (excluding diaryl/α,β-unsaturated/α-hetero) is 1. The first kappa shape index (κ1) is 9.83. The third kappa shape index (κ3) is 2.34. The van der Waals surface area contributed by atoms with Crippen molar-refractivity contribution in [1.29, 1.82) is 0 Å². The maximum absolute atomic E-state index is 11.4. The zero-order valence-corrected chi connectivity index (χ0v) is 8.06. The monoisotopic (exact) mass is 192 g/mol. The fraction of sp³-hybridized carbons (Fsp3) is 0.182. The molecule has 0 heterocycles. The lowest BCUT2D eigenvalue weighted by Gasteiger charge is -2.02. The Balaban J connectivity index is 3.03. The number of carbonyl (C=O) groups excluding carboxylic acids is 1. The van der Waals surface area contributed by atoms with Gasteiger partial charge in [-0.3, -0.25) is 4.79 Å². The number of ketones is 1. The lowest BCUT2D eigenvalue weighted by atomic mass is 10.0. The molecule has 1 aromatic rings. The van der Waals surface area contributed by atoms with Crippen molar-refractivity contribution in [3.8, 4) is 12.3 Å². The van der Waals surface area contributed by atoms with E-state index in [-0.39, 0.29) is 12.2 Å². The molecule has 2 heteroatoms. The second kappa shape index (κ2) is 4.11.